The molecule has 1 fully saturated rings. The molecule has 1 aromatic heterocycles. The van der Waals surface area contributed by atoms with Crippen LogP contribution >= 0.6 is 0 Å². The summed E-state index contributed by atoms with van der Waals surface area (Å²) in [5.74, 6) is 1.32. The third kappa shape index (κ3) is 2.69. The molecule has 1 aromatic rings. The van der Waals surface area contributed by atoms with Gasteiger partial charge in [0.2, 0.25) is 5.88 Å². The predicted molar refractivity (Wildman–Crippen MR) is 75.1 cm³/mol. The molecule has 0 aliphatic carbocycles. The summed E-state index contributed by atoms with van der Waals surface area (Å²) < 4.78 is 5.15. The number of carboxylic acids is 1. The number of piperidine rings is 1. The first-order chi connectivity index (χ1) is 9.50. The number of hydrogen-bond acceptors (Lipinski definition) is 5. The summed E-state index contributed by atoms with van der Waals surface area (Å²) in [6.07, 6.45) is 1.96. The number of rotatable bonds is 4. The summed E-state index contributed by atoms with van der Waals surface area (Å²) in [5, 5.41) is 9.41. The molecule has 6 nitrogen and oxygen atoms in total. The van der Waals surface area contributed by atoms with Crippen molar-refractivity contribution in [3.8, 4) is 5.88 Å². The average molecular weight is 279 g/mol. The van der Waals surface area contributed by atoms with Gasteiger partial charge in [-0.2, -0.15) is 4.98 Å². The highest BCUT2D eigenvalue weighted by Crippen LogP contribution is 2.36. The van der Waals surface area contributed by atoms with Crippen LogP contribution in [0.25, 0.3) is 0 Å². The predicted octanol–water partition coefficient (Wildman–Crippen LogP) is 1.87. The highest BCUT2D eigenvalue weighted by atomic mass is 16.5. The molecular weight excluding hydrogens is 258 g/mol. The van der Waals surface area contributed by atoms with Crippen molar-refractivity contribution in [1.82, 2.24) is 9.97 Å². The van der Waals surface area contributed by atoms with Crippen molar-refractivity contribution in [3.63, 3.8) is 0 Å². The number of ether oxygens (including phenoxy) is 1. The maximum absolute atomic E-state index is 11.4. The highest BCUT2D eigenvalue weighted by Gasteiger charge is 2.40. The number of anilines is 1. The first-order valence-electron chi connectivity index (χ1n) is 6.89. The van der Waals surface area contributed by atoms with E-state index in [1.165, 1.54) is 0 Å². The van der Waals surface area contributed by atoms with Crippen LogP contribution in [0.2, 0.25) is 0 Å². The van der Waals surface area contributed by atoms with E-state index in [9.17, 15) is 9.90 Å². The first kappa shape index (κ1) is 14.6. The molecule has 1 N–H and O–H groups in total. The second-order valence-electron chi connectivity index (χ2n) is 5.24. The van der Waals surface area contributed by atoms with Crippen LogP contribution < -0.4 is 9.64 Å². The minimum Gasteiger partial charge on any atom is -0.481 e. The van der Waals surface area contributed by atoms with Crippen molar-refractivity contribution in [1.29, 1.82) is 0 Å². The normalized spacial score (nSPS) is 17.9. The number of nitrogens with zero attached hydrogens (tertiary/aromatic N) is 3. The molecule has 2 heterocycles. The SMILES string of the molecule is CCC1(C(=O)O)CCN(c2cc(OC)nc(C)n2)CC1. The van der Waals surface area contributed by atoms with Crippen LogP contribution in [-0.2, 0) is 4.79 Å². The summed E-state index contributed by atoms with van der Waals surface area (Å²) in [7, 11) is 1.58. The van der Waals surface area contributed by atoms with Gasteiger partial charge in [-0.05, 0) is 26.2 Å². The molecule has 1 aliphatic heterocycles. The minimum absolute atomic E-state index is 0.540. The number of aromatic nitrogens is 2. The molecule has 110 valence electrons. The van der Waals surface area contributed by atoms with Crippen molar-refractivity contribution < 1.29 is 14.6 Å². The largest absolute Gasteiger partial charge is 0.481 e. The molecule has 0 amide bonds. The highest BCUT2D eigenvalue weighted by molar-refractivity contribution is 5.75. The standard InChI is InChI=1S/C14H21N3O3/c1-4-14(13(18)19)5-7-17(8-6-14)11-9-12(20-3)16-10(2)15-11/h9H,4-8H2,1-3H3,(H,18,19). The molecule has 0 spiro atoms. The summed E-state index contributed by atoms with van der Waals surface area (Å²) in [6, 6.07) is 1.80. The molecule has 0 saturated carbocycles. The number of aryl methyl sites for hydroxylation is 1. The number of aliphatic carboxylic acids is 1. The lowest BCUT2D eigenvalue weighted by Gasteiger charge is -2.38. The minimum atomic E-state index is -0.684. The second kappa shape index (κ2) is 5.64. The summed E-state index contributed by atoms with van der Waals surface area (Å²) in [5.41, 5.74) is -0.581. The van der Waals surface area contributed by atoms with E-state index in [1.807, 2.05) is 13.8 Å². The maximum atomic E-state index is 11.4. The van der Waals surface area contributed by atoms with E-state index in [-0.39, 0.29) is 0 Å². The van der Waals surface area contributed by atoms with Crippen LogP contribution in [0.1, 0.15) is 32.0 Å². The summed E-state index contributed by atoms with van der Waals surface area (Å²) in [6.45, 7) is 5.16. The fourth-order valence-corrected chi connectivity index (χ4v) is 2.67. The lowest BCUT2D eigenvalue weighted by Crippen LogP contribution is -2.44. The quantitative estimate of drug-likeness (QED) is 0.907. The number of carboxylic acid groups (broad SMARTS) is 1. The Hall–Kier alpha value is -1.85. The Labute approximate surface area is 118 Å². The van der Waals surface area contributed by atoms with E-state index in [0.29, 0.717) is 44.1 Å². The lowest BCUT2D eigenvalue weighted by atomic mass is 9.76. The van der Waals surface area contributed by atoms with Crippen LogP contribution in [0.5, 0.6) is 5.88 Å². The van der Waals surface area contributed by atoms with Gasteiger partial charge in [-0.1, -0.05) is 6.92 Å². The Morgan fingerprint density at radius 2 is 2.10 bits per heavy atom. The molecule has 1 saturated heterocycles. The third-order valence-corrected chi connectivity index (χ3v) is 4.19. The van der Waals surface area contributed by atoms with Gasteiger partial charge in [0.05, 0.1) is 12.5 Å². The molecular formula is C14H21N3O3. The zero-order valence-corrected chi connectivity index (χ0v) is 12.2. The Morgan fingerprint density at radius 1 is 1.45 bits per heavy atom. The van der Waals surface area contributed by atoms with Gasteiger partial charge < -0.3 is 14.7 Å². The van der Waals surface area contributed by atoms with Crippen molar-refractivity contribution in [2.75, 3.05) is 25.1 Å². The van der Waals surface area contributed by atoms with E-state index in [1.54, 1.807) is 13.2 Å². The monoisotopic (exact) mass is 279 g/mol. The molecule has 0 unspecified atom stereocenters. The molecule has 0 aromatic carbocycles. The summed E-state index contributed by atoms with van der Waals surface area (Å²) in [4.78, 5) is 22.1. The molecule has 0 radical (unpaired) electrons. The number of methoxy groups -OCH3 is 1. The van der Waals surface area contributed by atoms with Crippen molar-refractivity contribution in [3.05, 3.63) is 11.9 Å². The van der Waals surface area contributed by atoms with Gasteiger partial charge in [0.15, 0.2) is 0 Å². The number of hydrogen-bond donors (Lipinski definition) is 1. The topological polar surface area (TPSA) is 75.5 Å². The van der Waals surface area contributed by atoms with Gasteiger partial charge in [-0.25, -0.2) is 4.98 Å². The van der Waals surface area contributed by atoms with Crippen molar-refractivity contribution in [2.45, 2.75) is 33.1 Å². The van der Waals surface area contributed by atoms with E-state index in [0.717, 1.165) is 5.82 Å². The molecule has 0 bridgehead atoms. The Balaban J connectivity index is 2.14. The Morgan fingerprint density at radius 3 is 2.60 bits per heavy atom. The van der Waals surface area contributed by atoms with E-state index in [2.05, 4.69) is 14.9 Å². The zero-order valence-electron chi connectivity index (χ0n) is 12.2. The van der Waals surface area contributed by atoms with Crippen LogP contribution in [0.4, 0.5) is 5.82 Å². The molecule has 2 rings (SSSR count). The smallest absolute Gasteiger partial charge is 0.309 e. The van der Waals surface area contributed by atoms with Crippen molar-refractivity contribution >= 4 is 11.8 Å². The van der Waals surface area contributed by atoms with Gasteiger partial charge in [0.1, 0.15) is 11.6 Å². The molecule has 1 aliphatic rings. The second-order valence-corrected chi connectivity index (χ2v) is 5.24. The van der Waals surface area contributed by atoms with E-state index >= 15 is 0 Å². The van der Waals surface area contributed by atoms with Crippen LogP contribution in [0, 0.1) is 12.3 Å². The zero-order chi connectivity index (χ0) is 14.8. The van der Waals surface area contributed by atoms with Crippen LogP contribution in [0.15, 0.2) is 6.07 Å². The third-order valence-electron chi connectivity index (χ3n) is 4.19. The van der Waals surface area contributed by atoms with Gasteiger partial charge in [-0.15, -0.1) is 0 Å². The van der Waals surface area contributed by atoms with Crippen LogP contribution in [-0.4, -0.2) is 41.2 Å². The first-order valence-corrected chi connectivity index (χ1v) is 6.89. The van der Waals surface area contributed by atoms with Gasteiger partial charge in [0.25, 0.3) is 0 Å². The summed E-state index contributed by atoms with van der Waals surface area (Å²) >= 11 is 0. The molecule has 20 heavy (non-hydrogen) atoms. The van der Waals surface area contributed by atoms with E-state index < -0.39 is 11.4 Å². The fourth-order valence-electron chi connectivity index (χ4n) is 2.67. The lowest BCUT2D eigenvalue weighted by molar-refractivity contribution is -0.150. The molecule has 0 atom stereocenters. The number of carbonyl (C=O) groups is 1. The fraction of sp³-hybridized carbons (Fsp3) is 0.643. The maximum Gasteiger partial charge on any atom is 0.309 e. The average Bonchev–Trinajstić information content (AvgIpc) is 2.46. The molecule has 6 heteroatoms. The van der Waals surface area contributed by atoms with Gasteiger partial charge >= 0.3 is 5.97 Å². The Bertz CT molecular complexity index is 496. The van der Waals surface area contributed by atoms with E-state index in [4.69, 9.17) is 4.74 Å². The van der Waals surface area contributed by atoms with Crippen LogP contribution in [0.3, 0.4) is 0 Å². The van der Waals surface area contributed by atoms with Gasteiger partial charge in [0, 0.05) is 19.2 Å². The van der Waals surface area contributed by atoms with Crippen molar-refractivity contribution in [2.24, 2.45) is 5.41 Å². The Kier molecular flexibility index (Phi) is 4.11. The van der Waals surface area contributed by atoms with Gasteiger partial charge in [-0.3, -0.25) is 4.79 Å².